The van der Waals surface area contributed by atoms with Crippen molar-refractivity contribution in [2.24, 2.45) is 0 Å². The van der Waals surface area contributed by atoms with Crippen molar-refractivity contribution in [1.82, 2.24) is 9.55 Å². The second-order valence-electron chi connectivity index (χ2n) is 4.78. The lowest BCUT2D eigenvalue weighted by Crippen LogP contribution is -2.29. The largest absolute Gasteiger partial charge is 0.534 e. The molecule has 2 rings (SSSR count). The van der Waals surface area contributed by atoms with E-state index in [0.29, 0.717) is 11.6 Å². The summed E-state index contributed by atoms with van der Waals surface area (Å²) in [7, 11) is -5.91. The van der Waals surface area contributed by atoms with Crippen molar-refractivity contribution in [3.8, 4) is 11.4 Å². The third-order valence-corrected chi connectivity index (χ3v) is 3.94. The van der Waals surface area contributed by atoms with Gasteiger partial charge in [0.1, 0.15) is 5.75 Å². The number of halogens is 4. The summed E-state index contributed by atoms with van der Waals surface area (Å²) in [5, 5.41) is 0. The van der Waals surface area contributed by atoms with Crippen molar-refractivity contribution in [2.45, 2.75) is 19.4 Å². The Balaban J connectivity index is 2.57. The molecule has 0 saturated heterocycles. The molecule has 0 saturated carbocycles. The normalized spacial score (nSPS) is 12.2. The van der Waals surface area contributed by atoms with Gasteiger partial charge < -0.3 is 4.18 Å². The lowest BCUT2D eigenvalue weighted by molar-refractivity contribution is -0.0500. The van der Waals surface area contributed by atoms with Crippen molar-refractivity contribution >= 4 is 10.1 Å². The maximum Gasteiger partial charge on any atom is 0.534 e. The molecule has 0 bridgehead atoms. The van der Waals surface area contributed by atoms with Gasteiger partial charge in [-0.05, 0) is 19.4 Å². The molecule has 0 spiro atoms. The van der Waals surface area contributed by atoms with Gasteiger partial charge in [0.05, 0.1) is 11.9 Å². The fraction of sp³-hybridized carbons (Fsp3) is 0.231. The second-order valence-corrected chi connectivity index (χ2v) is 6.31. The predicted molar refractivity (Wildman–Crippen MR) is 74.9 cm³/mol. The fourth-order valence-electron chi connectivity index (χ4n) is 1.99. The van der Waals surface area contributed by atoms with Crippen LogP contribution in [-0.2, 0) is 10.1 Å². The van der Waals surface area contributed by atoms with Crippen molar-refractivity contribution in [2.75, 3.05) is 0 Å². The van der Waals surface area contributed by atoms with Gasteiger partial charge in [-0.3, -0.25) is 14.3 Å². The number of nitrogens with zero attached hydrogens (tertiary/aromatic N) is 2. The molecule has 24 heavy (non-hydrogen) atoms. The Morgan fingerprint density at radius 3 is 2.29 bits per heavy atom. The smallest absolute Gasteiger partial charge is 0.376 e. The van der Waals surface area contributed by atoms with Crippen LogP contribution in [0.3, 0.4) is 0 Å². The van der Waals surface area contributed by atoms with Gasteiger partial charge in [-0.15, -0.1) is 0 Å². The standard InChI is InChI=1S/C13H10F4N2O4S/c1-7-5-18-6-10(14)12(7)19-8(2)3-9(4-11(19)20)23-24(21,22)13(15,16)17/h3-6H,1-2H3. The summed E-state index contributed by atoms with van der Waals surface area (Å²) in [5.41, 5.74) is -6.46. The minimum atomic E-state index is -5.91. The van der Waals surface area contributed by atoms with Crippen LogP contribution in [0.15, 0.2) is 29.3 Å². The van der Waals surface area contributed by atoms with Gasteiger partial charge in [0.2, 0.25) is 0 Å². The monoisotopic (exact) mass is 366 g/mol. The molecular formula is C13H10F4N2O4S. The van der Waals surface area contributed by atoms with Gasteiger partial charge in [0.15, 0.2) is 5.82 Å². The Morgan fingerprint density at radius 1 is 1.17 bits per heavy atom. The first kappa shape index (κ1) is 17.9. The van der Waals surface area contributed by atoms with E-state index in [1.165, 1.54) is 20.0 Å². The van der Waals surface area contributed by atoms with Gasteiger partial charge in [-0.2, -0.15) is 21.6 Å². The van der Waals surface area contributed by atoms with E-state index < -0.39 is 32.8 Å². The van der Waals surface area contributed by atoms with Gasteiger partial charge >= 0.3 is 15.6 Å². The quantitative estimate of drug-likeness (QED) is 0.473. The molecule has 0 aromatic carbocycles. The summed E-state index contributed by atoms with van der Waals surface area (Å²) in [6.07, 6.45) is 2.16. The minimum Gasteiger partial charge on any atom is -0.376 e. The number of alkyl halides is 3. The summed E-state index contributed by atoms with van der Waals surface area (Å²) in [6.45, 7) is 2.77. The molecule has 0 unspecified atom stereocenters. The highest BCUT2D eigenvalue weighted by molar-refractivity contribution is 7.88. The number of hydrogen-bond acceptors (Lipinski definition) is 5. The van der Waals surface area contributed by atoms with Gasteiger partial charge in [0.25, 0.3) is 5.56 Å². The van der Waals surface area contributed by atoms with E-state index in [0.717, 1.165) is 16.8 Å². The van der Waals surface area contributed by atoms with E-state index in [-0.39, 0.29) is 11.4 Å². The Hall–Kier alpha value is -2.43. The fourth-order valence-corrected chi connectivity index (χ4v) is 2.43. The average molecular weight is 366 g/mol. The minimum absolute atomic E-state index is 0.0249. The molecule has 2 heterocycles. The first-order valence-electron chi connectivity index (χ1n) is 6.29. The molecule has 130 valence electrons. The van der Waals surface area contributed by atoms with Crippen LogP contribution in [0.2, 0.25) is 0 Å². The number of aryl methyl sites for hydroxylation is 2. The molecule has 0 N–H and O–H groups in total. The van der Waals surface area contributed by atoms with Crippen LogP contribution < -0.4 is 9.74 Å². The lowest BCUT2D eigenvalue weighted by Gasteiger charge is -2.15. The second kappa shape index (κ2) is 5.89. The number of pyridine rings is 2. The first-order chi connectivity index (χ1) is 10.9. The topological polar surface area (TPSA) is 78.3 Å². The zero-order valence-corrected chi connectivity index (χ0v) is 13.1. The molecule has 0 aliphatic heterocycles. The summed E-state index contributed by atoms with van der Waals surface area (Å²) in [5.74, 6) is -1.64. The first-order valence-corrected chi connectivity index (χ1v) is 7.70. The van der Waals surface area contributed by atoms with E-state index in [1.807, 2.05) is 0 Å². The van der Waals surface area contributed by atoms with E-state index in [2.05, 4.69) is 9.17 Å². The van der Waals surface area contributed by atoms with Gasteiger partial charge in [-0.1, -0.05) is 0 Å². The van der Waals surface area contributed by atoms with Gasteiger partial charge in [-0.25, -0.2) is 4.39 Å². The summed E-state index contributed by atoms with van der Waals surface area (Å²) in [4.78, 5) is 15.7. The summed E-state index contributed by atoms with van der Waals surface area (Å²) in [6, 6.07) is 1.40. The molecule has 0 aliphatic carbocycles. The predicted octanol–water partition coefficient (Wildman–Crippen LogP) is 2.22. The molecule has 2 aromatic rings. The van der Waals surface area contributed by atoms with E-state index in [4.69, 9.17) is 0 Å². The van der Waals surface area contributed by atoms with E-state index >= 15 is 0 Å². The average Bonchev–Trinajstić information content (AvgIpc) is 2.39. The third kappa shape index (κ3) is 3.25. The molecule has 0 fully saturated rings. The van der Waals surface area contributed by atoms with E-state index in [1.54, 1.807) is 0 Å². The van der Waals surface area contributed by atoms with E-state index in [9.17, 15) is 30.8 Å². The van der Waals surface area contributed by atoms with Crippen LogP contribution in [-0.4, -0.2) is 23.5 Å². The van der Waals surface area contributed by atoms with Crippen LogP contribution >= 0.6 is 0 Å². The maximum absolute atomic E-state index is 13.9. The number of hydrogen-bond donors (Lipinski definition) is 0. The highest BCUT2D eigenvalue weighted by Crippen LogP contribution is 2.27. The zero-order chi connectivity index (χ0) is 18.3. The molecule has 0 aliphatic rings. The summed E-state index contributed by atoms with van der Waals surface area (Å²) >= 11 is 0. The third-order valence-electron chi connectivity index (χ3n) is 2.96. The highest BCUT2D eigenvalue weighted by Gasteiger charge is 2.48. The lowest BCUT2D eigenvalue weighted by atomic mass is 10.2. The molecule has 2 aromatic heterocycles. The zero-order valence-electron chi connectivity index (χ0n) is 12.3. The number of aromatic nitrogens is 2. The molecule has 0 atom stereocenters. The summed E-state index contributed by atoms with van der Waals surface area (Å²) < 4.78 is 77.6. The Labute approximate surface area is 133 Å². The van der Waals surface area contributed by atoms with Crippen molar-refractivity contribution in [3.63, 3.8) is 0 Å². The molecule has 6 nitrogen and oxygen atoms in total. The van der Waals surface area contributed by atoms with Crippen molar-refractivity contribution in [1.29, 1.82) is 0 Å². The van der Waals surface area contributed by atoms with Crippen LogP contribution in [0.5, 0.6) is 5.75 Å². The SMILES string of the molecule is Cc1cncc(F)c1-n1c(C)cc(OS(=O)(=O)C(F)(F)F)cc1=O. The van der Waals surface area contributed by atoms with Crippen LogP contribution in [0.25, 0.3) is 5.69 Å². The Morgan fingerprint density at radius 2 is 1.79 bits per heavy atom. The highest BCUT2D eigenvalue weighted by atomic mass is 32.2. The van der Waals surface area contributed by atoms with Crippen LogP contribution in [0, 0.1) is 19.7 Å². The van der Waals surface area contributed by atoms with Crippen LogP contribution in [0.4, 0.5) is 17.6 Å². The maximum atomic E-state index is 13.9. The Kier molecular flexibility index (Phi) is 4.40. The van der Waals surface area contributed by atoms with Crippen LogP contribution in [0.1, 0.15) is 11.3 Å². The van der Waals surface area contributed by atoms with Crippen molar-refractivity contribution in [3.05, 3.63) is 52.0 Å². The van der Waals surface area contributed by atoms with Gasteiger partial charge in [0, 0.05) is 24.0 Å². The number of rotatable bonds is 3. The molecular weight excluding hydrogens is 356 g/mol. The Bertz CT molecular complexity index is 931. The molecule has 0 radical (unpaired) electrons. The molecule has 11 heteroatoms. The molecule has 0 amide bonds. The van der Waals surface area contributed by atoms with Crippen molar-refractivity contribution < 1.29 is 30.2 Å².